The largest absolute Gasteiger partial charge is 1.00 e. The van der Waals surface area contributed by atoms with E-state index in [1.165, 1.54) is 63.0 Å². The number of hydrogen-bond acceptors (Lipinski definition) is 4. The lowest BCUT2D eigenvalue weighted by atomic mass is 10.1. The van der Waals surface area contributed by atoms with Crippen molar-refractivity contribution in [2.24, 2.45) is 0 Å². The van der Waals surface area contributed by atoms with Crippen molar-refractivity contribution in [1.82, 2.24) is 9.97 Å². The summed E-state index contributed by atoms with van der Waals surface area (Å²) in [4.78, 5) is 13.1. The first-order valence-electron chi connectivity index (χ1n) is 17.8. The first-order valence-corrected chi connectivity index (χ1v) is 17.8. The van der Waals surface area contributed by atoms with Gasteiger partial charge in [0.05, 0.1) is 89.4 Å². The predicted octanol–water partition coefficient (Wildman–Crippen LogP) is -21.5. The van der Waals surface area contributed by atoms with Gasteiger partial charge >= 0.3 is 0 Å². The van der Waals surface area contributed by atoms with E-state index < -0.39 is 0 Å². The van der Waals surface area contributed by atoms with Crippen molar-refractivity contribution in [1.29, 1.82) is 0 Å². The molecule has 0 spiro atoms. The molecule has 10 N–H and O–H groups in total. The van der Waals surface area contributed by atoms with Gasteiger partial charge in [-0.3, -0.25) is 0 Å². The van der Waals surface area contributed by atoms with Crippen molar-refractivity contribution in [2.75, 3.05) is 66.6 Å². The Balaban J connectivity index is 0. The van der Waals surface area contributed by atoms with Crippen LogP contribution in [0, 0.1) is 0 Å². The first-order chi connectivity index (χ1) is 22.7. The van der Waals surface area contributed by atoms with E-state index in [2.05, 4.69) is 69.8 Å². The number of pyridine rings is 2. The standard InChI is InChI=1S/C36H54N8O2.6BrH/c1-45-35-19-31-23-37-11-3-15-43(16-4-12-38-24-32(20-35)41-31)27-29-7-9-30(10-8-29)28-44-17-5-13-39-25-33-21-36(46-2)22-34(42-33)26-40-14-6-18-44;;;;;;/h7-10,19-22,37-40H,3-6,11-18,23-28H2,1-2H3;6*1H. The highest BCUT2D eigenvalue weighted by Gasteiger charge is 2.16. The van der Waals surface area contributed by atoms with Crippen molar-refractivity contribution in [3.63, 3.8) is 0 Å². The monoisotopic (exact) mass is 1110 g/mol. The van der Waals surface area contributed by atoms with E-state index in [0.29, 0.717) is 0 Å². The fraction of sp³-hybridized carbons (Fsp3) is 0.556. The fourth-order valence-electron chi connectivity index (χ4n) is 6.83. The molecule has 0 fully saturated rings. The van der Waals surface area contributed by atoms with Gasteiger partial charge in [-0.1, -0.05) is 24.3 Å². The summed E-state index contributed by atoms with van der Waals surface area (Å²) in [6, 6.07) is 17.9. The number of nitrogens with two attached hydrogens (primary N) is 4. The maximum Gasteiger partial charge on any atom is 0.122 e. The summed E-state index contributed by atoms with van der Waals surface area (Å²) < 4.78 is 11.0. The maximum absolute atomic E-state index is 5.52. The zero-order chi connectivity index (χ0) is 31.8. The van der Waals surface area contributed by atoms with Crippen LogP contribution < -0.4 is 142 Å². The van der Waals surface area contributed by atoms with Gasteiger partial charge in [-0.25, -0.2) is 9.97 Å². The number of fused-ring (bicyclic) bond motifs is 4. The molecule has 4 heterocycles. The van der Waals surface area contributed by atoms with Crippen LogP contribution in [0.3, 0.4) is 0 Å². The molecular weight excluding hydrogens is 1060 g/mol. The van der Waals surface area contributed by atoms with Crippen LogP contribution in [-0.2, 0) is 39.3 Å². The molecule has 52 heavy (non-hydrogen) atoms. The Morgan fingerprint density at radius 3 is 1.00 bits per heavy atom. The number of nitrogens with one attached hydrogen (secondary N) is 2. The molecule has 2 aliphatic heterocycles. The third kappa shape index (κ3) is 19.6. The van der Waals surface area contributed by atoms with Crippen LogP contribution in [0.25, 0.3) is 0 Å². The molecule has 2 aromatic heterocycles. The van der Waals surface area contributed by atoms with Crippen LogP contribution in [0.15, 0.2) is 48.5 Å². The Morgan fingerprint density at radius 1 is 0.481 bits per heavy atom. The van der Waals surface area contributed by atoms with Crippen LogP contribution in [0.5, 0.6) is 11.5 Å². The SMILES string of the molecule is COc1cc2nc(c1)C[NH2+]CCC[NH+](Cc1ccc(C[NH+]3CCC[NH2+]Cc4cc(OC)cc(n4)C[NH2+]CCC3)cc1)CCC[NH2+]C2.[Br-].[Br-].[Br-].[Br-].[Br-].[Br-]. The van der Waals surface area contributed by atoms with Crippen LogP contribution in [-0.4, -0.2) is 76.5 Å². The van der Waals surface area contributed by atoms with Crippen molar-refractivity contribution >= 4 is 0 Å². The Bertz CT molecular complexity index is 1180. The van der Waals surface area contributed by atoms with E-state index in [4.69, 9.17) is 19.4 Å². The van der Waals surface area contributed by atoms with Crippen LogP contribution in [0.1, 0.15) is 59.6 Å². The molecule has 16 heteroatoms. The molecule has 298 valence electrons. The minimum atomic E-state index is 0. The van der Waals surface area contributed by atoms with Gasteiger partial charge < -0.3 is 142 Å². The molecule has 4 bridgehead atoms. The molecule has 0 radical (unpaired) electrons. The molecule has 0 amide bonds. The van der Waals surface area contributed by atoms with Gasteiger partial charge in [0.1, 0.15) is 50.8 Å². The van der Waals surface area contributed by atoms with E-state index in [1.54, 1.807) is 24.0 Å². The Kier molecular flexibility index (Phi) is 32.0. The van der Waals surface area contributed by atoms with E-state index in [1.807, 2.05) is 0 Å². The highest BCUT2D eigenvalue weighted by atomic mass is 79.9. The number of methoxy groups -OCH3 is 2. The van der Waals surface area contributed by atoms with Crippen molar-refractivity contribution in [2.45, 2.75) is 65.0 Å². The van der Waals surface area contributed by atoms with Gasteiger partial charge in [0, 0.05) is 61.1 Å². The summed E-state index contributed by atoms with van der Waals surface area (Å²) in [6.45, 7) is 15.3. The zero-order valence-corrected chi connectivity index (χ0v) is 40.2. The number of aromatic nitrogens is 2. The summed E-state index contributed by atoms with van der Waals surface area (Å²) in [5, 5.41) is 9.61. The lowest BCUT2D eigenvalue weighted by Gasteiger charge is -2.21. The third-order valence-electron chi connectivity index (χ3n) is 9.38. The number of rotatable bonds is 6. The van der Waals surface area contributed by atoms with Gasteiger partial charge in [0.2, 0.25) is 0 Å². The second kappa shape index (κ2) is 30.9. The zero-order valence-electron chi connectivity index (χ0n) is 30.6. The number of hydrogen-bond donors (Lipinski definition) is 6. The lowest BCUT2D eigenvalue weighted by Crippen LogP contribution is -3.11. The molecule has 0 aliphatic carbocycles. The molecule has 3 aromatic rings. The quantitative estimate of drug-likeness (QED) is 0.147. The Morgan fingerprint density at radius 2 is 0.750 bits per heavy atom. The summed E-state index contributed by atoms with van der Waals surface area (Å²) in [6.07, 6.45) is 4.88. The fourth-order valence-corrected chi connectivity index (χ4v) is 6.83. The predicted molar refractivity (Wildman–Crippen MR) is 177 cm³/mol. The Hall–Kier alpha value is -0.240. The van der Waals surface area contributed by atoms with Gasteiger partial charge in [0.15, 0.2) is 0 Å². The molecule has 10 nitrogen and oxygen atoms in total. The molecular formula is C36H60Br6N8O2. The summed E-state index contributed by atoms with van der Waals surface area (Å²) in [5.41, 5.74) is 7.41. The number of nitrogens with zero attached hydrogens (tertiary/aromatic N) is 2. The first kappa shape index (κ1) is 53.9. The van der Waals surface area contributed by atoms with Crippen molar-refractivity contribution in [3.8, 4) is 11.5 Å². The van der Waals surface area contributed by atoms with Crippen molar-refractivity contribution < 1.29 is 142 Å². The third-order valence-corrected chi connectivity index (χ3v) is 9.38. The molecule has 0 atom stereocenters. The average Bonchev–Trinajstić information content (AvgIpc) is 3.07. The molecule has 0 saturated heterocycles. The van der Waals surface area contributed by atoms with Crippen LogP contribution in [0.2, 0.25) is 0 Å². The van der Waals surface area contributed by atoms with Gasteiger partial charge in [0.25, 0.3) is 0 Å². The van der Waals surface area contributed by atoms with E-state index in [0.717, 1.165) is 99.7 Å². The van der Waals surface area contributed by atoms with E-state index in [9.17, 15) is 0 Å². The average molecular weight is 1120 g/mol. The molecule has 1 aromatic carbocycles. The molecule has 0 saturated carbocycles. The minimum Gasteiger partial charge on any atom is -1.00 e. The van der Waals surface area contributed by atoms with E-state index in [-0.39, 0.29) is 102 Å². The minimum absolute atomic E-state index is 0. The van der Waals surface area contributed by atoms with Crippen LogP contribution in [0.4, 0.5) is 0 Å². The highest BCUT2D eigenvalue weighted by molar-refractivity contribution is 5.27. The topological polar surface area (TPSA) is 120 Å². The van der Waals surface area contributed by atoms with E-state index >= 15 is 0 Å². The summed E-state index contributed by atoms with van der Waals surface area (Å²) in [5.74, 6) is 1.85. The van der Waals surface area contributed by atoms with Crippen molar-refractivity contribution in [3.05, 3.63) is 82.4 Å². The summed E-state index contributed by atoms with van der Waals surface area (Å²) in [7, 11) is 3.49. The lowest BCUT2D eigenvalue weighted by molar-refractivity contribution is -0.917. The van der Waals surface area contributed by atoms with Crippen LogP contribution >= 0.6 is 0 Å². The smallest absolute Gasteiger partial charge is 0.122 e. The summed E-state index contributed by atoms with van der Waals surface area (Å²) >= 11 is 0. The number of benzene rings is 1. The second-order valence-corrected chi connectivity index (χ2v) is 13.2. The molecule has 0 unspecified atom stereocenters. The van der Waals surface area contributed by atoms with Gasteiger partial charge in [-0.15, -0.1) is 0 Å². The molecule has 2 aliphatic rings. The van der Waals surface area contributed by atoms with Gasteiger partial charge in [-0.2, -0.15) is 0 Å². The Labute approximate surface area is 374 Å². The normalized spacial score (nSPS) is 16.5. The molecule has 5 rings (SSSR count). The number of halogens is 6. The number of ether oxygens (including phenoxy) is 2. The highest BCUT2D eigenvalue weighted by Crippen LogP contribution is 2.14. The maximum atomic E-state index is 5.52. The van der Waals surface area contributed by atoms with Gasteiger partial charge in [-0.05, 0) is 0 Å². The second-order valence-electron chi connectivity index (χ2n) is 13.2. The number of quaternary nitrogens is 6.